The summed E-state index contributed by atoms with van der Waals surface area (Å²) < 4.78 is 10.9. The molecule has 6 nitrogen and oxygen atoms in total. The average Bonchev–Trinajstić information content (AvgIpc) is 3.21. The van der Waals surface area contributed by atoms with Crippen LogP contribution in [0.15, 0.2) is 48.5 Å². The molecule has 2 atom stereocenters. The Kier molecular flexibility index (Phi) is 8.49. The van der Waals surface area contributed by atoms with Crippen molar-refractivity contribution in [2.24, 2.45) is 0 Å². The van der Waals surface area contributed by atoms with Crippen molar-refractivity contribution in [1.82, 2.24) is 4.90 Å². The maximum absolute atomic E-state index is 13.3. The van der Waals surface area contributed by atoms with E-state index in [1.807, 2.05) is 32.0 Å². The maximum atomic E-state index is 13.3. The van der Waals surface area contributed by atoms with Crippen LogP contribution in [0.5, 0.6) is 5.75 Å². The molecule has 0 bridgehead atoms. The standard InChI is InChI=1S/C23H27ClN2O4S/c1-3-5-14-30-22(27)20-15-31-21(18-8-6-7-9-19(18)24)26(20)23(28)25-16-10-12-17(13-11-16)29-4-2/h6-13,20-21H,3-5,14-15H2,1-2H3,(H,25,28). The van der Waals surface area contributed by atoms with Crippen LogP contribution in [0, 0.1) is 0 Å². The molecular formula is C23H27ClN2O4S. The summed E-state index contributed by atoms with van der Waals surface area (Å²) in [5.74, 6) is 0.776. The van der Waals surface area contributed by atoms with E-state index in [2.05, 4.69) is 5.32 Å². The molecular weight excluding hydrogens is 436 g/mol. The van der Waals surface area contributed by atoms with E-state index in [4.69, 9.17) is 21.1 Å². The zero-order valence-corrected chi connectivity index (χ0v) is 19.2. The zero-order valence-electron chi connectivity index (χ0n) is 17.7. The highest BCUT2D eigenvalue weighted by atomic mass is 35.5. The first-order chi connectivity index (χ1) is 15.0. The third kappa shape index (κ3) is 5.86. The fourth-order valence-corrected chi connectivity index (χ4v) is 5.01. The van der Waals surface area contributed by atoms with Crippen LogP contribution in [0.4, 0.5) is 10.5 Å². The summed E-state index contributed by atoms with van der Waals surface area (Å²) in [5.41, 5.74) is 1.40. The molecule has 31 heavy (non-hydrogen) atoms. The van der Waals surface area contributed by atoms with Crippen LogP contribution < -0.4 is 10.1 Å². The van der Waals surface area contributed by atoms with E-state index in [0.717, 1.165) is 24.2 Å². The molecule has 0 aromatic heterocycles. The molecule has 0 aliphatic carbocycles. The van der Waals surface area contributed by atoms with Gasteiger partial charge >= 0.3 is 12.0 Å². The Hall–Kier alpha value is -2.38. The van der Waals surface area contributed by atoms with Crippen LogP contribution in [-0.2, 0) is 9.53 Å². The fraction of sp³-hybridized carbons (Fsp3) is 0.391. The number of hydrogen-bond donors (Lipinski definition) is 1. The highest BCUT2D eigenvalue weighted by Gasteiger charge is 2.44. The van der Waals surface area contributed by atoms with Gasteiger partial charge in [0.1, 0.15) is 17.2 Å². The van der Waals surface area contributed by atoms with Crippen LogP contribution in [0.2, 0.25) is 5.02 Å². The predicted octanol–water partition coefficient (Wildman–Crippen LogP) is 5.73. The number of nitrogens with zero attached hydrogens (tertiary/aromatic N) is 1. The molecule has 1 fully saturated rings. The second kappa shape index (κ2) is 11.3. The topological polar surface area (TPSA) is 67.9 Å². The van der Waals surface area contributed by atoms with Crippen molar-refractivity contribution in [3.05, 3.63) is 59.1 Å². The van der Waals surface area contributed by atoms with Crippen LogP contribution in [-0.4, -0.2) is 41.9 Å². The van der Waals surface area contributed by atoms with Gasteiger partial charge in [0.25, 0.3) is 0 Å². The molecule has 2 aromatic rings. The molecule has 2 amide bonds. The van der Waals surface area contributed by atoms with E-state index in [0.29, 0.717) is 29.7 Å². The van der Waals surface area contributed by atoms with Gasteiger partial charge in [-0.25, -0.2) is 9.59 Å². The van der Waals surface area contributed by atoms with Crippen molar-refractivity contribution in [1.29, 1.82) is 0 Å². The first-order valence-corrected chi connectivity index (χ1v) is 11.8. The highest BCUT2D eigenvalue weighted by molar-refractivity contribution is 7.99. The van der Waals surface area contributed by atoms with Crippen LogP contribution >= 0.6 is 23.4 Å². The number of unbranched alkanes of at least 4 members (excludes halogenated alkanes) is 1. The molecule has 1 aliphatic rings. The molecule has 8 heteroatoms. The fourth-order valence-electron chi connectivity index (χ4n) is 3.25. The van der Waals surface area contributed by atoms with Gasteiger partial charge in [0.05, 0.1) is 13.2 Å². The Morgan fingerprint density at radius 1 is 1.16 bits per heavy atom. The number of urea groups is 1. The number of benzene rings is 2. The summed E-state index contributed by atoms with van der Waals surface area (Å²) in [5, 5.41) is 3.06. The van der Waals surface area contributed by atoms with Crippen LogP contribution in [0.1, 0.15) is 37.6 Å². The van der Waals surface area contributed by atoms with Gasteiger partial charge in [-0.1, -0.05) is 43.1 Å². The third-order valence-electron chi connectivity index (χ3n) is 4.84. The SMILES string of the molecule is CCCCOC(=O)C1CSC(c2ccccc2Cl)N1C(=O)Nc1ccc(OCC)cc1. The summed E-state index contributed by atoms with van der Waals surface area (Å²) in [4.78, 5) is 27.6. The van der Waals surface area contributed by atoms with Gasteiger partial charge in [0.2, 0.25) is 0 Å². The second-order valence-corrected chi connectivity index (χ2v) is 8.56. The van der Waals surface area contributed by atoms with Crippen molar-refractivity contribution in [3.63, 3.8) is 0 Å². The van der Waals surface area contributed by atoms with Gasteiger partial charge in [-0.15, -0.1) is 11.8 Å². The minimum Gasteiger partial charge on any atom is -0.494 e. The minimum absolute atomic E-state index is 0.349. The van der Waals surface area contributed by atoms with E-state index in [1.165, 1.54) is 16.7 Å². The molecule has 1 N–H and O–H groups in total. The van der Waals surface area contributed by atoms with Gasteiger partial charge in [-0.05, 0) is 43.7 Å². The Labute approximate surface area is 192 Å². The number of thioether (sulfide) groups is 1. The summed E-state index contributed by atoms with van der Waals surface area (Å²) >= 11 is 7.91. The molecule has 1 aliphatic heterocycles. The Bertz CT molecular complexity index is 893. The smallest absolute Gasteiger partial charge is 0.329 e. The molecule has 0 radical (unpaired) electrons. The van der Waals surface area contributed by atoms with Gasteiger partial charge in [0.15, 0.2) is 0 Å². The maximum Gasteiger partial charge on any atom is 0.329 e. The van der Waals surface area contributed by atoms with Crippen molar-refractivity contribution in [2.75, 3.05) is 24.3 Å². The lowest BCUT2D eigenvalue weighted by Gasteiger charge is -2.29. The monoisotopic (exact) mass is 462 g/mol. The van der Waals surface area contributed by atoms with Crippen molar-refractivity contribution >= 4 is 41.1 Å². The first kappa shape index (κ1) is 23.3. The number of hydrogen-bond acceptors (Lipinski definition) is 5. The molecule has 0 spiro atoms. The van der Waals surface area contributed by atoms with Crippen molar-refractivity contribution in [3.8, 4) is 5.75 Å². The van der Waals surface area contributed by atoms with E-state index in [1.54, 1.807) is 30.3 Å². The molecule has 3 rings (SSSR count). The number of anilines is 1. The van der Waals surface area contributed by atoms with Crippen molar-refractivity contribution < 1.29 is 19.1 Å². The Morgan fingerprint density at radius 3 is 2.58 bits per heavy atom. The van der Waals surface area contributed by atoms with Gasteiger partial charge in [0, 0.05) is 22.0 Å². The Morgan fingerprint density at radius 2 is 1.90 bits per heavy atom. The molecule has 1 heterocycles. The van der Waals surface area contributed by atoms with Gasteiger partial charge < -0.3 is 14.8 Å². The number of ether oxygens (including phenoxy) is 2. The van der Waals surface area contributed by atoms with Crippen LogP contribution in [0.25, 0.3) is 0 Å². The van der Waals surface area contributed by atoms with E-state index >= 15 is 0 Å². The number of halogens is 1. The average molecular weight is 463 g/mol. The highest BCUT2D eigenvalue weighted by Crippen LogP contribution is 2.44. The number of amides is 2. The zero-order chi connectivity index (χ0) is 22.2. The van der Waals surface area contributed by atoms with E-state index in [9.17, 15) is 9.59 Å². The number of esters is 1. The first-order valence-electron chi connectivity index (χ1n) is 10.4. The summed E-state index contributed by atoms with van der Waals surface area (Å²) in [6.07, 6.45) is 1.72. The molecule has 1 saturated heterocycles. The molecule has 2 unspecified atom stereocenters. The lowest BCUT2D eigenvalue weighted by atomic mass is 10.2. The summed E-state index contributed by atoms with van der Waals surface area (Å²) in [6, 6.07) is 13.4. The van der Waals surface area contributed by atoms with Crippen LogP contribution in [0.3, 0.4) is 0 Å². The Balaban J connectivity index is 1.82. The molecule has 166 valence electrons. The predicted molar refractivity (Wildman–Crippen MR) is 125 cm³/mol. The lowest BCUT2D eigenvalue weighted by Crippen LogP contribution is -2.46. The largest absolute Gasteiger partial charge is 0.494 e. The normalized spacial score (nSPS) is 18.0. The lowest BCUT2D eigenvalue weighted by molar-refractivity contribution is -0.148. The van der Waals surface area contributed by atoms with Gasteiger partial charge in [-0.3, -0.25) is 4.90 Å². The number of nitrogens with one attached hydrogen (secondary N) is 1. The van der Waals surface area contributed by atoms with Gasteiger partial charge in [-0.2, -0.15) is 0 Å². The summed E-state index contributed by atoms with van der Waals surface area (Å²) in [7, 11) is 0. The number of carbonyl (C=O) groups is 2. The minimum atomic E-state index is -0.689. The quantitative estimate of drug-likeness (QED) is 0.400. The third-order valence-corrected chi connectivity index (χ3v) is 6.49. The second-order valence-electron chi connectivity index (χ2n) is 7.04. The summed E-state index contributed by atoms with van der Waals surface area (Å²) in [6.45, 7) is 4.86. The van der Waals surface area contributed by atoms with E-state index in [-0.39, 0.29) is 11.4 Å². The molecule has 0 saturated carbocycles. The van der Waals surface area contributed by atoms with Crippen molar-refractivity contribution in [2.45, 2.75) is 38.1 Å². The molecule has 2 aromatic carbocycles. The number of rotatable bonds is 8. The number of carbonyl (C=O) groups excluding carboxylic acids is 2. The van der Waals surface area contributed by atoms with E-state index < -0.39 is 12.0 Å².